The van der Waals surface area contributed by atoms with Gasteiger partial charge in [0.05, 0.1) is 10.7 Å². The molecule has 2 aromatic carbocycles. The molecular weight excluding hydrogens is 285 g/mol. The third-order valence-corrected chi connectivity index (χ3v) is 2.91. The molecule has 0 aliphatic rings. The van der Waals surface area contributed by atoms with Crippen molar-refractivity contribution in [3.05, 3.63) is 52.5 Å². The van der Waals surface area contributed by atoms with E-state index in [1.807, 2.05) is 0 Å². The summed E-state index contributed by atoms with van der Waals surface area (Å²) in [6.45, 7) is 0. The average molecular weight is 296 g/mol. The van der Waals surface area contributed by atoms with Gasteiger partial charge in [-0.25, -0.2) is 4.79 Å². The zero-order chi connectivity index (χ0) is 13.8. The van der Waals surface area contributed by atoms with Crippen molar-refractivity contribution in [3.8, 4) is 0 Å². The Hall–Kier alpha value is -1.91. The monoisotopic (exact) mass is 295 g/mol. The maximum Gasteiger partial charge on any atom is 0.323 e. The Bertz CT molecular complexity index is 599. The maximum atomic E-state index is 11.8. The van der Waals surface area contributed by atoms with Crippen molar-refractivity contribution in [1.29, 1.82) is 0 Å². The molecule has 4 N–H and O–H groups in total. The quantitative estimate of drug-likeness (QED) is 0.726. The molecule has 98 valence electrons. The van der Waals surface area contributed by atoms with E-state index < -0.39 is 6.03 Å². The van der Waals surface area contributed by atoms with Crippen LogP contribution in [0.1, 0.15) is 0 Å². The smallest absolute Gasteiger partial charge is 0.323 e. The summed E-state index contributed by atoms with van der Waals surface area (Å²) in [7, 11) is 0. The SMILES string of the molecule is Nc1ccc(NC(=O)Nc2cc(Cl)ccc2Cl)cc1. The number of hydrogen-bond acceptors (Lipinski definition) is 2. The van der Waals surface area contributed by atoms with Crippen LogP contribution in [-0.4, -0.2) is 6.03 Å². The van der Waals surface area contributed by atoms with Gasteiger partial charge in [-0.1, -0.05) is 23.2 Å². The van der Waals surface area contributed by atoms with Gasteiger partial charge in [0, 0.05) is 16.4 Å². The number of nitrogens with one attached hydrogen (secondary N) is 2. The van der Waals surface area contributed by atoms with Crippen LogP contribution in [0.15, 0.2) is 42.5 Å². The summed E-state index contributed by atoms with van der Waals surface area (Å²) in [5.41, 5.74) is 7.26. The van der Waals surface area contributed by atoms with Gasteiger partial charge in [-0.3, -0.25) is 0 Å². The summed E-state index contributed by atoms with van der Waals surface area (Å²) >= 11 is 11.8. The molecule has 2 amide bonds. The Balaban J connectivity index is 2.05. The van der Waals surface area contributed by atoms with Gasteiger partial charge in [0.15, 0.2) is 0 Å². The first-order valence-electron chi connectivity index (χ1n) is 5.43. The molecule has 19 heavy (non-hydrogen) atoms. The zero-order valence-corrected chi connectivity index (χ0v) is 11.3. The first-order valence-corrected chi connectivity index (χ1v) is 6.19. The van der Waals surface area contributed by atoms with E-state index in [1.165, 1.54) is 0 Å². The van der Waals surface area contributed by atoms with Crippen LogP contribution >= 0.6 is 23.2 Å². The predicted octanol–water partition coefficient (Wildman–Crippen LogP) is 4.22. The number of anilines is 3. The highest BCUT2D eigenvalue weighted by Gasteiger charge is 2.06. The molecule has 0 heterocycles. The van der Waals surface area contributed by atoms with Crippen molar-refractivity contribution in [2.75, 3.05) is 16.4 Å². The minimum atomic E-state index is -0.408. The summed E-state index contributed by atoms with van der Waals surface area (Å²) in [5.74, 6) is 0. The predicted molar refractivity (Wildman–Crippen MR) is 80.0 cm³/mol. The Morgan fingerprint density at radius 1 is 1.00 bits per heavy atom. The van der Waals surface area contributed by atoms with E-state index in [0.717, 1.165) is 0 Å². The molecule has 2 aromatic rings. The lowest BCUT2D eigenvalue weighted by Crippen LogP contribution is -2.19. The van der Waals surface area contributed by atoms with Crippen molar-refractivity contribution in [3.63, 3.8) is 0 Å². The van der Waals surface area contributed by atoms with Gasteiger partial charge in [0.1, 0.15) is 0 Å². The first-order chi connectivity index (χ1) is 9.04. The van der Waals surface area contributed by atoms with Crippen LogP contribution < -0.4 is 16.4 Å². The average Bonchev–Trinajstić information content (AvgIpc) is 2.37. The molecule has 4 nitrogen and oxygen atoms in total. The lowest BCUT2D eigenvalue weighted by atomic mass is 10.3. The Morgan fingerprint density at radius 3 is 2.37 bits per heavy atom. The molecule has 0 radical (unpaired) electrons. The topological polar surface area (TPSA) is 67.1 Å². The molecule has 0 fully saturated rings. The lowest BCUT2D eigenvalue weighted by molar-refractivity contribution is 0.262. The summed E-state index contributed by atoms with van der Waals surface area (Å²) in [5, 5.41) is 6.18. The van der Waals surface area contributed by atoms with Gasteiger partial charge >= 0.3 is 6.03 Å². The second-order valence-electron chi connectivity index (χ2n) is 3.83. The number of amides is 2. The molecule has 0 saturated heterocycles. The number of rotatable bonds is 2. The fraction of sp³-hybridized carbons (Fsp3) is 0. The zero-order valence-electron chi connectivity index (χ0n) is 9.78. The Kier molecular flexibility index (Phi) is 4.14. The first kappa shape index (κ1) is 13.5. The van der Waals surface area contributed by atoms with Crippen molar-refractivity contribution in [1.82, 2.24) is 0 Å². The Labute approximate surface area is 120 Å². The lowest BCUT2D eigenvalue weighted by Gasteiger charge is -2.09. The van der Waals surface area contributed by atoms with E-state index in [2.05, 4.69) is 10.6 Å². The summed E-state index contributed by atoms with van der Waals surface area (Å²) in [4.78, 5) is 11.8. The molecule has 0 spiro atoms. The highest BCUT2D eigenvalue weighted by atomic mass is 35.5. The minimum Gasteiger partial charge on any atom is -0.399 e. The molecule has 0 aliphatic carbocycles. The van der Waals surface area contributed by atoms with Gasteiger partial charge < -0.3 is 16.4 Å². The van der Waals surface area contributed by atoms with Gasteiger partial charge in [-0.2, -0.15) is 0 Å². The van der Waals surface area contributed by atoms with E-state index >= 15 is 0 Å². The van der Waals surface area contributed by atoms with Crippen molar-refractivity contribution >= 4 is 46.3 Å². The highest BCUT2D eigenvalue weighted by molar-refractivity contribution is 6.35. The van der Waals surface area contributed by atoms with Crippen LogP contribution in [0.2, 0.25) is 10.0 Å². The molecule has 6 heteroatoms. The molecule has 0 aromatic heterocycles. The van der Waals surface area contributed by atoms with Crippen molar-refractivity contribution in [2.24, 2.45) is 0 Å². The number of nitrogen functional groups attached to an aromatic ring is 1. The molecular formula is C13H11Cl2N3O. The molecule has 2 rings (SSSR count). The number of benzene rings is 2. The number of carbonyl (C=O) groups excluding carboxylic acids is 1. The van der Waals surface area contributed by atoms with Crippen LogP contribution in [0.5, 0.6) is 0 Å². The number of carbonyl (C=O) groups is 1. The third-order valence-electron chi connectivity index (χ3n) is 2.35. The molecule has 0 bridgehead atoms. The normalized spacial score (nSPS) is 10.0. The van der Waals surface area contributed by atoms with E-state index in [4.69, 9.17) is 28.9 Å². The molecule has 0 saturated carbocycles. The number of nitrogens with two attached hydrogens (primary N) is 1. The second kappa shape index (κ2) is 5.82. The van der Waals surface area contributed by atoms with E-state index in [0.29, 0.717) is 27.1 Å². The number of halogens is 2. The summed E-state index contributed by atoms with van der Waals surface area (Å²) in [6, 6.07) is 11.2. The maximum absolute atomic E-state index is 11.8. The van der Waals surface area contributed by atoms with E-state index in [1.54, 1.807) is 42.5 Å². The second-order valence-corrected chi connectivity index (χ2v) is 4.67. The minimum absolute atomic E-state index is 0.408. The largest absolute Gasteiger partial charge is 0.399 e. The molecule has 0 unspecified atom stereocenters. The third kappa shape index (κ3) is 3.77. The molecule has 0 aliphatic heterocycles. The highest BCUT2D eigenvalue weighted by Crippen LogP contribution is 2.25. The summed E-state index contributed by atoms with van der Waals surface area (Å²) in [6.07, 6.45) is 0. The van der Waals surface area contributed by atoms with Gasteiger partial charge in [0.2, 0.25) is 0 Å². The number of hydrogen-bond donors (Lipinski definition) is 3. The van der Waals surface area contributed by atoms with Gasteiger partial charge in [-0.05, 0) is 42.5 Å². The van der Waals surface area contributed by atoms with Crippen LogP contribution in [-0.2, 0) is 0 Å². The van der Waals surface area contributed by atoms with Crippen LogP contribution in [0.4, 0.5) is 21.9 Å². The van der Waals surface area contributed by atoms with Gasteiger partial charge in [0.25, 0.3) is 0 Å². The van der Waals surface area contributed by atoms with E-state index in [9.17, 15) is 4.79 Å². The summed E-state index contributed by atoms with van der Waals surface area (Å²) < 4.78 is 0. The fourth-order valence-corrected chi connectivity index (χ4v) is 1.78. The van der Waals surface area contributed by atoms with Crippen molar-refractivity contribution < 1.29 is 4.79 Å². The standard InChI is InChI=1S/C13H11Cl2N3O/c14-8-1-6-11(15)12(7-8)18-13(19)17-10-4-2-9(16)3-5-10/h1-7H,16H2,(H2,17,18,19). The van der Waals surface area contributed by atoms with Crippen LogP contribution in [0, 0.1) is 0 Å². The van der Waals surface area contributed by atoms with Gasteiger partial charge in [-0.15, -0.1) is 0 Å². The van der Waals surface area contributed by atoms with Crippen molar-refractivity contribution in [2.45, 2.75) is 0 Å². The molecule has 0 atom stereocenters. The number of urea groups is 1. The van der Waals surface area contributed by atoms with E-state index in [-0.39, 0.29) is 0 Å². The van der Waals surface area contributed by atoms with Crippen LogP contribution in [0.3, 0.4) is 0 Å². The van der Waals surface area contributed by atoms with Crippen LogP contribution in [0.25, 0.3) is 0 Å². The fourth-order valence-electron chi connectivity index (χ4n) is 1.44. The Morgan fingerprint density at radius 2 is 1.68 bits per heavy atom.